The molecule has 152 valence electrons. The molecule has 0 bridgehead atoms. The molecular weight excluding hydrogens is 400 g/mol. The van der Waals surface area contributed by atoms with Gasteiger partial charge in [0.2, 0.25) is 0 Å². The van der Waals surface area contributed by atoms with Gasteiger partial charge in [0.15, 0.2) is 0 Å². The fourth-order valence-electron chi connectivity index (χ4n) is 3.05. The Balaban J connectivity index is 1.64. The molecule has 0 saturated carbocycles. The Morgan fingerprint density at radius 2 is 0.788 bits per heavy atom. The Kier molecular flexibility index (Phi) is 6.55. The first kappa shape index (κ1) is 21.1. The first-order chi connectivity index (χ1) is 16.2. The molecule has 0 saturated heterocycles. The molecule has 0 fully saturated rings. The lowest BCUT2D eigenvalue weighted by molar-refractivity contribution is 1.48. The molecule has 0 spiro atoms. The fourth-order valence-corrected chi connectivity index (χ4v) is 3.05. The fraction of sp³-hybridized carbons (Fsp3) is 0. The second-order valence-corrected chi connectivity index (χ2v) is 7.12. The third kappa shape index (κ3) is 5.51. The minimum atomic E-state index is 0.614. The van der Waals surface area contributed by atoms with E-state index in [1.54, 1.807) is 12.1 Å². The molecule has 0 aliphatic rings. The van der Waals surface area contributed by atoms with E-state index in [2.05, 4.69) is 41.6 Å². The molecule has 4 rings (SSSR count). The third-order valence-electron chi connectivity index (χ3n) is 4.83. The quantitative estimate of drug-likeness (QED) is 0.310. The van der Waals surface area contributed by atoms with Crippen LogP contribution in [0.4, 0.5) is 5.69 Å². The molecule has 33 heavy (non-hydrogen) atoms. The molecule has 2 N–H and O–H groups in total. The smallest absolute Gasteiger partial charge is 0.0991 e. The van der Waals surface area contributed by atoms with E-state index in [0.29, 0.717) is 11.3 Å². The maximum absolute atomic E-state index is 8.93. The molecule has 2 heteroatoms. The first-order valence-corrected chi connectivity index (χ1v) is 10.3. The van der Waals surface area contributed by atoms with Crippen LogP contribution in [-0.2, 0) is 0 Å². The number of hydrogen-bond acceptors (Lipinski definition) is 2. The summed E-state index contributed by atoms with van der Waals surface area (Å²) < 4.78 is 0. The monoisotopic (exact) mass is 418 g/mol. The van der Waals surface area contributed by atoms with Crippen molar-refractivity contribution in [1.29, 1.82) is 5.26 Å². The average Bonchev–Trinajstić information content (AvgIpc) is 2.87. The highest BCUT2D eigenvalue weighted by atomic mass is 14.5. The molecular formula is C31H18N2. The predicted molar refractivity (Wildman–Crippen MR) is 133 cm³/mol. The number of rotatable bonds is 0. The molecule has 4 aromatic carbocycles. The van der Waals surface area contributed by atoms with Gasteiger partial charge in [0.05, 0.1) is 11.6 Å². The summed E-state index contributed by atoms with van der Waals surface area (Å²) in [6.07, 6.45) is 0. The van der Waals surface area contributed by atoms with Gasteiger partial charge in [0, 0.05) is 39.1 Å². The summed E-state index contributed by atoms with van der Waals surface area (Å²) in [5.41, 5.74) is 12.3. The Morgan fingerprint density at radius 3 is 1.24 bits per heavy atom. The second-order valence-electron chi connectivity index (χ2n) is 7.12. The van der Waals surface area contributed by atoms with E-state index in [1.165, 1.54) is 0 Å². The van der Waals surface area contributed by atoms with Gasteiger partial charge in [-0.05, 0) is 60.7 Å². The zero-order valence-corrected chi connectivity index (χ0v) is 17.8. The Hall–Kier alpha value is -5.15. The predicted octanol–water partition coefficient (Wildman–Crippen LogP) is 5.34. The van der Waals surface area contributed by atoms with Gasteiger partial charge in [-0.15, -0.1) is 0 Å². The number of anilines is 1. The third-order valence-corrected chi connectivity index (χ3v) is 4.83. The zero-order valence-electron chi connectivity index (χ0n) is 17.8. The van der Waals surface area contributed by atoms with Gasteiger partial charge in [-0.25, -0.2) is 0 Å². The molecule has 0 unspecified atom stereocenters. The number of nitriles is 1. The zero-order chi connectivity index (χ0) is 22.9. The molecule has 0 aliphatic carbocycles. The van der Waals surface area contributed by atoms with Crippen molar-refractivity contribution in [3.8, 4) is 41.6 Å². The first-order valence-electron chi connectivity index (χ1n) is 10.3. The van der Waals surface area contributed by atoms with Crippen LogP contribution in [-0.4, -0.2) is 0 Å². The van der Waals surface area contributed by atoms with E-state index in [4.69, 9.17) is 11.0 Å². The maximum atomic E-state index is 8.93. The molecule has 0 heterocycles. The van der Waals surface area contributed by atoms with Crippen LogP contribution in [0.2, 0.25) is 0 Å². The van der Waals surface area contributed by atoms with Gasteiger partial charge in [0.25, 0.3) is 0 Å². The molecule has 0 aliphatic heterocycles. The Morgan fingerprint density at radius 1 is 0.424 bits per heavy atom. The summed E-state index contributed by atoms with van der Waals surface area (Å²) in [6.45, 7) is 0. The highest BCUT2D eigenvalue weighted by Gasteiger charge is 1.99. The van der Waals surface area contributed by atoms with Crippen molar-refractivity contribution in [2.24, 2.45) is 0 Å². The number of nitrogens with zero attached hydrogens (tertiary/aromatic N) is 1. The summed E-state index contributed by atoms with van der Waals surface area (Å²) in [5.74, 6) is 19.2. The molecule has 4 aromatic rings. The van der Waals surface area contributed by atoms with Gasteiger partial charge in [-0.3, -0.25) is 0 Å². The molecule has 0 radical (unpaired) electrons. The molecule has 0 amide bonds. The van der Waals surface area contributed by atoms with Crippen LogP contribution in [0.5, 0.6) is 0 Å². The van der Waals surface area contributed by atoms with Gasteiger partial charge < -0.3 is 5.73 Å². The van der Waals surface area contributed by atoms with Gasteiger partial charge in [0.1, 0.15) is 0 Å². The number of para-hydroxylation sites is 1. The van der Waals surface area contributed by atoms with Crippen molar-refractivity contribution < 1.29 is 0 Å². The molecule has 2 nitrogen and oxygen atoms in total. The lowest BCUT2D eigenvalue weighted by Crippen LogP contribution is -1.89. The second kappa shape index (κ2) is 10.2. The number of nitrogen functional groups attached to an aromatic ring is 1. The van der Waals surface area contributed by atoms with Crippen LogP contribution >= 0.6 is 0 Å². The Labute approximate surface area is 194 Å². The Bertz CT molecular complexity index is 1530. The summed E-state index contributed by atoms with van der Waals surface area (Å²) >= 11 is 0. The van der Waals surface area contributed by atoms with Crippen molar-refractivity contribution >= 4 is 5.69 Å². The van der Waals surface area contributed by atoms with Crippen LogP contribution in [0.1, 0.15) is 38.9 Å². The molecule has 0 atom stereocenters. The van der Waals surface area contributed by atoms with Crippen molar-refractivity contribution in [2.75, 3.05) is 5.73 Å². The van der Waals surface area contributed by atoms with E-state index < -0.39 is 0 Å². The molecule has 0 aromatic heterocycles. The van der Waals surface area contributed by atoms with Crippen LogP contribution < -0.4 is 5.73 Å². The van der Waals surface area contributed by atoms with Gasteiger partial charge in [-0.1, -0.05) is 71.9 Å². The number of hydrogen-bond donors (Lipinski definition) is 1. The van der Waals surface area contributed by atoms with Crippen molar-refractivity contribution in [3.63, 3.8) is 0 Å². The SMILES string of the molecule is N#Cc1ccc(C#Cc2ccccc2C#Cc2ccccc2C#Cc2ccccc2N)cc1. The topological polar surface area (TPSA) is 49.8 Å². The minimum absolute atomic E-state index is 0.614. The largest absolute Gasteiger partial charge is 0.398 e. The summed E-state index contributed by atoms with van der Waals surface area (Å²) in [6, 6.07) is 32.5. The van der Waals surface area contributed by atoms with E-state index in [0.717, 1.165) is 33.4 Å². The highest BCUT2D eigenvalue weighted by molar-refractivity contribution is 5.61. The van der Waals surface area contributed by atoms with Crippen LogP contribution in [0.25, 0.3) is 0 Å². The lowest BCUT2D eigenvalue weighted by atomic mass is 10.0. The lowest BCUT2D eigenvalue weighted by Gasteiger charge is -1.98. The number of benzene rings is 4. The van der Waals surface area contributed by atoms with Crippen LogP contribution in [0.3, 0.4) is 0 Å². The summed E-state index contributed by atoms with van der Waals surface area (Å²) in [4.78, 5) is 0. The summed E-state index contributed by atoms with van der Waals surface area (Å²) in [5, 5.41) is 8.93. The van der Waals surface area contributed by atoms with Crippen LogP contribution in [0, 0.1) is 46.9 Å². The van der Waals surface area contributed by atoms with E-state index in [-0.39, 0.29) is 0 Å². The van der Waals surface area contributed by atoms with E-state index in [1.807, 2.05) is 84.9 Å². The highest BCUT2D eigenvalue weighted by Crippen LogP contribution is 2.12. The van der Waals surface area contributed by atoms with Gasteiger partial charge in [-0.2, -0.15) is 5.26 Å². The van der Waals surface area contributed by atoms with E-state index in [9.17, 15) is 0 Å². The normalized spacial score (nSPS) is 9.18. The standard InChI is InChI=1S/C31H18N2/c32-23-25-15-13-24(14-16-25)17-18-26-7-1-2-8-27(26)19-20-28-9-3-4-10-29(28)21-22-30-11-5-6-12-31(30)33/h1-16H,33H2. The van der Waals surface area contributed by atoms with E-state index >= 15 is 0 Å². The summed E-state index contributed by atoms with van der Waals surface area (Å²) in [7, 11) is 0. The van der Waals surface area contributed by atoms with Crippen molar-refractivity contribution in [2.45, 2.75) is 0 Å². The maximum Gasteiger partial charge on any atom is 0.0991 e. The van der Waals surface area contributed by atoms with Crippen LogP contribution in [0.15, 0.2) is 97.1 Å². The van der Waals surface area contributed by atoms with Crippen molar-refractivity contribution in [3.05, 3.63) is 136 Å². The number of nitrogens with two attached hydrogens (primary N) is 1. The van der Waals surface area contributed by atoms with Gasteiger partial charge >= 0.3 is 0 Å². The average molecular weight is 418 g/mol. The minimum Gasteiger partial charge on any atom is -0.398 e. The van der Waals surface area contributed by atoms with Crippen molar-refractivity contribution in [1.82, 2.24) is 0 Å².